The number of halogens is 1. The van der Waals surface area contributed by atoms with E-state index in [1.807, 2.05) is 54.6 Å². The monoisotopic (exact) mass is 382 g/mol. The molecule has 3 aromatic rings. The fraction of sp³-hybridized carbons (Fsp3) is 0.250. The van der Waals surface area contributed by atoms with Crippen molar-refractivity contribution >= 4 is 23.5 Å². The second kappa shape index (κ2) is 7.40. The summed E-state index contributed by atoms with van der Waals surface area (Å²) in [7, 11) is 0. The summed E-state index contributed by atoms with van der Waals surface area (Å²) in [6.07, 6.45) is 3.55. The molecule has 7 heteroatoms. The highest BCUT2D eigenvalue weighted by Crippen LogP contribution is 2.42. The van der Waals surface area contributed by atoms with E-state index in [0.717, 1.165) is 36.8 Å². The largest absolute Gasteiger partial charge is 0.340 e. The maximum atomic E-state index is 13.0. The number of nitrogens with one attached hydrogen (secondary N) is 2. The molecule has 0 radical (unpaired) electrons. The van der Waals surface area contributed by atoms with Crippen LogP contribution in [0, 0.1) is 0 Å². The average molecular weight is 383 g/mol. The molecule has 4 rings (SSSR count). The normalized spacial score (nSPS) is 15.4. The Kier molecular flexibility index (Phi) is 4.81. The molecule has 2 N–H and O–H groups in total. The van der Waals surface area contributed by atoms with Gasteiger partial charge < -0.3 is 4.52 Å². The van der Waals surface area contributed by atoms with Crippen molar-refractivity contribution in [2.45, 2.75) is 31.1 Å². The van der Waals surface area contributed by atoms with Crippen LogP contribution in [0.3, 0.4) is 0 Å². The van der Waals surface area contributed by atoms with Crippen molar-refractivity contribution in [1.82, 2.24) is 15.6 Å². The number of anilines is 1. The Morgan fingerprint density at radius 2 is 1.85 bits per heavy atom. The van der Waals surface area contributed by atoms with Crippen LogP contribution < -0.4 is 10.9 Å². The fourth-order valence-corrected chi connectivity index (χ4v) is 3.81. The molecule has 1 fully saturated rings. The van der Waals surface area contributed by atoms with E-state index in [9.17, 15) is 4.79 Å². The molecule has 0 unspecified atom stereocenters. The van der Waals surface area contributed by atoms with Gasteiger partial charge in [-0.1, -0.05) is 72.1 Å². The number of nitrogens with zero attached hydrogens (tertiary/aromatic N) is 2. The van der Waals surface area contributed by atoms with Crippen molar-refractivity contribution < 1.29 is 9.32 Å². The molecule has 0 spiro atoms. The van der Waals surface area contributed by atoms with E-state index in [-0.39, 0.29) is 11.9 Å². The lowest BCUT2D eigenvalue weighted by molar-refractivity contribution is -0.126. The molecule has 0 saturated heterocycles. The van der Waals surface area contributed by atoms with Crippen LogP contribution in [0.5, 0.6) is 0 Å². The van der Waals surface area contributed by atoms with Crippen LogP contribution >= 0.6 is 11.6 Å². The Labute approximate surface area is 161 Å². The van der Waals surface area contributed by atoms with Crippen LogP contribution in [-0.2, 0) is 10.2 Å². The van der Waals surface area contributed by atoms with E-state index in [0.29, 0.717) is 10.8 Å². The van der Waals surface area contributed by atoms with Gasteiger partial charge in [0.05, 0.1) is 5.41 Å². The third kappa shape index (κ3) is 3.53. The minimum atomic E-state index is -0.597. The molecule has 1 saturated carbocycles. The Balaban J connectivity index is 1.49. The molecule has 1 aromatic heterocycles. The van der Waals surface area contributed by atoms with Crippen LogP contribution in [0.2, 0.25) is 5.02 Å². The summed E-state index contributed by atoms with van der Waals surface area (Å²) < 4.78 is 5.18. The molecule has 1 aliphatic carbocycles. The van der Waals surface area contributed by atoms with Gasteiger partial charge in [0, 0.05) is 10.6 Å². The first-order valence-corrected chi connectivity index (χ1v) is 9.27. The number of carbonyl (C=O) groups excluding carboxylic acids is 1. The van der Waals surface area contributed by atoms with Crippen molar-refractivity contribution in [2.75, 3.05) is 5.43 Å². The average Bonchev–Trinajstić information content (AvgIpc) is 3.37. The summed E-state index contributed by atoms with van der Waals surface area (Å²) in [5.74, 6) is 0.333. The number of amides is 1. The molecule has 0 bridgehead atoms. The van der Waals surface area contributed by atoms with E-state index < -0.39 is 5.41 Å². The summed E-state index contributed by atoms with van der Waals surface area (Å²) >= 11 is 6.14. The predicted molar refractivity (Wildman–Crippen MR) is 103 cm³/mol. The van der Waals surface area contributed by atoms with E-state index in [2.05, 4.69) is 21.0 Å². The van der Waals surface area contributed by atoms with Gasteiger partial charge in [-0.05, 0) is 30.5 Å². The predicted octanol–water partition coefficient (Wildman–Crippen LogP) is 4.35. The van der Waals surface area contributed by atoms with Crippen LogP contribution in [0.1, 0.15) is 31.2 Å². The maximum absolute atomic E-state index is 13.0. The number of hydrogen-bond donors (Lipinski definition) is 2. The van der Waals surface area contributed by atoms with Gasteiger partial charge in [-0.2, -0.15) is 4.98 Å². The van der Waals surface area contributed by atoms with Crippen molar-refractivity contribution in [3.8, 4) is 11.4 Å². The fourth-order valence-electron chi connectivity index (χ4n) is 3.62. The lowest BCUT2D eigenvalue weighted by atomic mass is 9.78. The zero-order chi connectivity index (χ0) is 18.7. The molecule has 2 aromatic carbocycles. The number of hydrazine groups is 1. The van der Waals surface area contributed by atoms with Gasteiger partial charge in [-0.25, -0.2) is 5.43 Å². The van der Waals surface area contributed by atoms with Gasteiger partial charge in [-0.3, -0.25) is 10.2 Å². The molecule has 138 valence electrons. The topological polar surface area (TPSA) is 80.0 Å². The van der Waals surface area contributed by atoms with Crippen LogP contribution in [0.4, 0.5) is 6.01 Å². The summed E-state index contributed by atoms with van der Waals surface area (Å²) in [5, 5.41) is 4.56. The lowest BCUT2D eigenvalue weighted by Crippen LogP contribution is -2.45. The van der Waals surface area contributed by atoms with Crippen molar-refractivity contribution in [3.63, 3.8) is 0 Å². The molecular weight excluding hydrogens is 364 g/mol. The van der Waals surface area contributed by atoms with Gasteiger partial charge in [-0.15, -0.1) is 0 Å². The quantitative estimate of drug-likeness (QED) is 0.641. The molecule has 1 heterocycles. The molecule has 27 heavy (non-hydrogen) atoms. The highest BCUT2D eigenvalue weighted by atomic mass is 35.5. The van der Waals surface area contributed by atoms with E-state index >= 15 is 0 Å². The van der Waals surface area contributed by atoms with Gasteiger partial charge in [0.1, 0.15) is 0 Å². The number of benzene rings is 2. The second-order valence-electron chi connectivity index (χ2n) is 6.67. The number of carbonyl (C=O) groups is 1. The van der Waals surface area contributed by atoms with Gasteiger partial charge in [0.15, 0.2) is 0 Å². The smallest absolute Gasteiger partial charge is 0.313 e. The van der Waals surface area contributed by atoms with Crippen LogP contribution in [0.15, 0.2) is 59.1 Å². The Bertz CT molecular complexity index is 936. The Morgan fingerprint density at radius 1 is 1.07 bits per heavy atom. The summed E-state index contributed by atoms with van der Waals surface area (Å²) in [6, 6.07) is 17.1. The van der Waals surface area contributed by atoms with Gasteiger partial charge in [0.2, 0.25) is 11.7 Å². The minimum absolute atomic E-state index is 0.123. The van der Waals surface area contributed by atoms with E-state index in [4.69, 9.17) is 16.1 Å². The van der Waals surface area contributed by atoms with Crippen LogP contribution in [-0.4, -0.2) is 16.0 Å². The lowest BCUT2D eigenvalue weighted by Gasteiger charge is -2.28. The second-order valence-corrected chi connectivity index (χ2v) is 7.10. The zero-order valence-electron chi connectivity index (χ0n) is 14.6. The summed E-state index contributed by atoms with van der Waals surface area (Å²) in [4.78, 5) is 17.3. The maximum Gasteiger partial charge on any atom is 0.340 e. The Hall–Kier alpha value is -2.86. The standard InChI is InChI=1S/C20H19ClN4O2/c21-16-10-6-9-15(13-16)20(11-4-5-12-20)18(26)23-24-19-22-17(25-27-19)14-7-2-1-3-8-14/h1-3,6-10,13H,4-5,11-12H2,(H,23,26)(H,22,24,25). The molecule has 0 atom stereocenters. The molecular formula is C20H19ClN4O2. The van der Waals surface area contributed by atoms with Crippen molar-refractivity contribution in [1.29, 1.82) is 0 Å². The first kappa shape index (κ1) is 17.5. The van der Waals surface area contributed by atoms with Crippen molar-refractivity contribution in [3.05, 3.63) is 65.2 Å². The minimum Gasteiger partial charge on any atom is -0.313 e. The molecule has 0 aliphatic heterocycles. The van der Waals surface area contributed by atoms with Gasteiger partial charge in [0.25, 0.3) is 0 Å². The highest BCUT2D eigenvalue weighted by molar-refractivity contribution is 6.30. The first-order chi connectivity index (χ1) is 13.2. The number of rotatable bonds is 5. The molecule has 1 aliphatic rings. The molecule has 1 amide bonds. The summed E-state index contributed by atoms with van der Waals surface area (Å²) in [5.41, 5.74) is 6.66. The zero-order valence-corrected chi connectivity index (χ0v) is 15.4. The van der Waals surface area contributed by atoms with E-state index in [1.165, 1.54) is 0 Å². The van der Waals surface area contributed by atoms with Crippen molar-refractivity contribution in [2.24, 2.45) is 0 Å². The van der Waals surface area contributed by atoms with E-state index in [1.54, 1.807) is 0 Å². The third-order valence-corrected chi connectivity index (χ3v) is 5.25. The molecule has 6 nitrogen and oxygen atoms in total. The van der Waals surface area contributed by atoms with Gasteiger partial charge >= 0.3 is 6.01 Å². The Morgan fingerprint density at radius 3 is 2.59 bits per heavy atom. The first-order valence-electron chi connectivity index (χ1n) is 8.89. The number of hydrogen-bond acceptors (Lipinski definition) is 5. The summed E-state index contributed by atoms with van der Waals surface area (Å²) in [6.45, 7) is 0. The highest BCUT2D eigenvalue weighted by Gasteiger charge is 2.43. The van der Waals surface area contributed by atoms with Crippen LogP contribution in [0.25, 0.3) is 11.4 Å². The SMILES string of the molecule is O=C(NNc1nc(-c2ccccc2)no1)C1(c2cccc(Cl)c2)CCCC1. The third-order valence-electron chi connectivity index (χ3n) is 5.01. The number of aromatic nitrogens is 2.